The molecule has 3 amide bonds. The van der Waals surface area contributed by atoms with Crippen LogP contribution in [0.25, 0.3) is 0 Å². The van der Waals surface area contributed by atoms with Gasteiger partial charge in [-0.05, 0) is 18.2 Å². The summed E-state index contributed by atoms with van der Waals surface area (Å²) in [4.78, 5) is 21.6. The maximum atomic E-state index is 13.2. The lowest BCUT2D eigenvalue weighted by Crippen LogP contribution is -2.25. The van der Waals surface area contributed by atoms with Gasteiger partial charge in [0.05, 0.1) is 6.54 Å². The van der Waals surface area contributed by atoms with E-state index in [0.717, 1.165) is 6.07 Å². The van der Waals surface area contributed by atoms with Crippen molar-refractivity contribution in [2.75, 3.05) is 24.2 Å². The van der Waals surface area contributed by atoms with Gasteiger partial charge >= 0.3 is 6.03 Å². The van der Waals surface area contributed by atoms with Crippen LogP contribution < -0.4 is 21.7 Å². The number of rotatable bonds is 4. The van der Waals surface area contributed by atoms with E-state index in [1.54, 1.807) is 0 Å². The van der Waals surface area contributed by atoms with Crippen LogP contribution in [-0.4, -0.2) is 25.5 Å². The van der Waals surface area contributed by atoms with Crippen molar-refractivity contribution in [3.63, 3.8) is 0 Å². The molecule has 6 nitrogen and oxygen atoms in total. The third-order valence-corrected chi connectivity index (χ3v) is 1.85. The van der Waals surface area contributed by atoms with Crippen molar-refractivity contribution in [1.82, 2.24) is 5.32 Å². The molecule has 0 aliphatic rings. The van der Waals surface area contributed by atoms with Crippen LogP contribution in [0.4, 0.5) is 20.6 Å². The van der Waals surface area contributed by atoms with Crippen LogP contribution in [0.2, 0.25) is 0 Å². The first-order valence-corrected chi connectivity index (χ1v) is 4.83. The smallest absolute Gasteiger partial charge is 0.318 e. The molecule has 0 fully saturated rings. The summed E-state index contributed by atoms with van der Waals surface area (Å²) in [5.74, 6) is -1.10. The summed E-state index contributed by atoms with van der Waals surface area (Å²) in [7, 11) is 1.45. The minimum atomic E-state index is -0.560. The summed E-state index contributed by atoms with van der Waals surface area (Å²) in [5.41, 5.74) is 5.57. The highest BCUT2D eigenvalue weighted by atomic mass is 19.1. The Balaban J connectivity index is 2.78. The first kappa shape index (κ1) is 12.8. The molecule has 92 valence electrons. The summed E-state index contributed by atoms with van der Waals surface area (Å²) in [6, 6.07) is 3.38. The van der Waals surface area contributed by atoms with E-state index in [4.69, 9.17) is 5.73 Å². The molecule has 0 heterocycles. The summed E-state index contributed by atoms with van der Waals surface area (Å²) >= 11 is 0. The van der Waals surface area contributed by atoms with Gasteiger partial charge in [-0.3, -0.25) is 4.79 Å². The van der Waals surface area contributed by atoms with Crippen LogP contribution in [0.1, 0.15) is 0 Å². The van der Waals surface area contributed by atoms with E-state index in [1.165, 1.54) is 19.2 Å². The highest BCUT2D eigenvalue weighted by molar-refractivity contribution is 5.89. The van der Waals surface area contributed by atoms with Gasteiger partial charge in [-0.25, -0.2) is 9.18 Å². The Kier molecular flexibility index (Phi) is 4.27. The van der Waals surface area contributed by atoms with Crippen LogP contribution in [-0.2, 0) is 4.79 Å². The number of carbonyl (C=O) groups is 2. The van der Waals surface area contributed by atoms with E-state index < -0.39 is 17.8 Å². The van der Waals surface area contributed by atoms with Gasteiger partial charge in [-0.15, -0.1) is 0 Å². The summed E-state index contributed by atoms with van der Waals surface area (Å²) in [6.45, 7) is -0.108. The quantitative estimate of drug-likeness (QED) is 0.616. The molecule has 0 aliphatic heterocycles. The van der Waals surface area contributed by atoms with Gasteiger partial charge in [0, 0.05) is 18.4 Å². The summed E-state index contributed by atoms with van der Waals surface area (Å²) in [5, 5.41) is 7.38. The standard InChI is InChI=1S/C10H13FN4O2/c1-13-10(17)15-8-3-6(11)2-7(4-8)14-5-9(12)16/h2-4,14H,5H2,1H3,(H2,12,16)(H2,13,15,17). The average molecular weight is 240 g/mol. The SMILES string of the molecule is CNC(=O)Nc1cc(F)cc(NCC(N)=O)c1. The first-order valence-electron chi connectivity index (χ1n) is 4.83. The molecule has 0 aromatic heterocycles. The molecular weight excluding hydrogens is 227 g/mol. The molecule has 0 radical (unpaired) electrons. The molecule has 0 bridgehead atoms. The molecular formula is C10H13FN4O2. The number of benzene rings is 1. The van der Waals surface area contributed by atoms with Crippen molar-refractivity contribution in [2.45, 2.75) is 0 Å². The fraction of sp³-hybridized carbons (Fsp3) is 0.200. The minimum absolute atomic E-state index is 0.108. The number of anilines is 2. The third kappa shape index (κ3) is 4.37. The molecule has 0 saturated carbocycles. The lowest BCUT2D eigenvalue weighted by molar-refractivity contribution is -0.116. The van der Waals surface area contributed by atoms with Crippen molar-refractivity contribution in [3.8, 4) is 0 Å². The van der Waals surface area contributed by atoms with E-state index in [0.29, 0.717) is 5.69 Å². The Hall–Kier alpha value is -2.31. The van der Waals surface area contributed by atoms with Gasteiger partial charge in [0.25, 0.3) is 0 Å². The number of halogens is 1. The number of urea groups is 1. The van der Waals surface area contributed by atoms with E-state index in [9.17, 15) is 14.0 Å². The topological polar surface area (TPSA) is 96.2 Å². The zero-order valence-electron chi connectivity index (χ0n) is 9.21. The molecule has 5 N–H and O–H groups in total. The number of hydrogen-bond acceptors (Lipinski definition) is 3. The second-order valence-electron chi connectivity index (χ2n) is 3.25. The van der Waals surface area contributed by atoms with Crippen LogP contribution >= 0.6 is 0 Å². The predicted octanol–water partition coefficient (Wildman–Crippen LogP) is 0.474. The molecule has 1 aromatic rings. The number of primary amides is 1. The fourth-order valence-electron chi connectivity index (χ4n) is 1.15. The lowest BCUT2D eigenvalue weighted by Gasteiger charge is -2.08. The molecule has 0 aliphatic carbocycles. The van der Waals surface area contributed by atoms with Gasteiger partial charge < -0.3 is 21.7 Å². The van der Waals surface area contributed by atoms with E-state index in [-0.39, 0.29) is 12.2 Å². The Bertz CT molecular complexity index is 436. The number of amides is 3. The molecule has 1 aromatic carbocycles. The van der Waals surface area contributed by atoms with E-state index in [1.807, 2.05) is 0 Å². The fourth-order valence-corrected chi connectivity index (χ4v) is 1.15. The zero-order chi connectivity index (χ0) is 12.8. The number of nitrogens with one attached hydrogen (secondary N) is 3. The average Bonchev–Trinajstić information content (AvgIpc) is 2.25. The minimum Gasteiger partial charge on any atom is -0.376 e. The van der Waals surface area contributed by atoms with Crippen LogP contribution in [0.5, 0.6) is 0 Å². The highest BCUT2D eigenvalue weighted by Gasteiger charge is 2.04. The van der Waals surface area contributed by atoms with Crippen molar-refractivity contribution in [1.29, 1.82) is 0 Å². The maximum absolute atomic E-state index is 13.2. The molecule has 0 unspecified atom stereocenters. The second kappa shape index (κ2) is 5.69. The normalized spacial score (nSPS) is 9.53. The van der Waals surface area contributed by atoms with Crippen LogP contribution in [0.3, 0.4) is 0 Å². The third-order valence-electron chi connectivity index (χ3n) is 1.85. The predicted molar refractivity (Wildman–Crippen MR) is 62.2 cm³/mol. The number of nitrogens with two attached hydrogens (primary N) is 1. The molecule has 0 saturated heterocycles. The maximum Gasteiger partial charge on any atom is 0.318 e. The Morgan fingerprint density at radius 1 is 1.29 bits per heavy atom. The zero-order valence-corrected chi connectivity index (χ0v) is 9.21. The number of carbonyl (C=O) groups excluding carboxylic acids is 2. The summed E-state index contributed by atoms with van der Waals surface area (Å²) in [6.07, 6.45) is 0. The molecule has 1 rings (SSSR count). The molecule has 0 atom stereocenters. The van der Waals surface area contributed by atoms with Gasteiger partial charge in [-0.2, -0.15) is 0 Å². The van der Waals surface area contributed by atoms with Crippen molar-refractivity contribution in [3.05, 3.63) is 24.0 Å². The monoisotopic (exact) mass is 240 g/mol. The van der Waals surface area contributed by atoms with Gasteiger partial charge in [0.2, 0.25) is 5.91 Å². The van der Waals surface area contributed by atoms with Gasteiger partial charge in [-0.1, -0.05) is 0 Å². The van der Waals surface area contributed by atoms with Crippen molar-refractivity contribution >= 4 is 23.3 Å². The summed E-state index contributed by atoms with van der Waals surface area (Å²) < 4.78 is 13.2. The Labute approximate surface area is 97.4 Å². The largest absolute Gasteiger partial charge is 0.376 e. The lowest BCUT2D eigenvalue weighted by atomic mass is 10.2. The molecule has 7 heteroatoms. The Morgan fingerprint density at radius 3 is 2.53 bits per heavy atom. The van der Waals surface area contributed by atoms with E-state index >= 15 is 0 Å². The van der Waals surface area contributed by atoms with Crippen LogP contribution in [0.15, 0.2) is 18.2 Å². The van der Waals surface area contributed by atoms with Crippen molar-refractivity contribution < 1.29 is 14.0 Å². The molecule has 0 spiro atoms. The first-order chi connectivity index (χ1) is 8.01. The van der Waals surface area contributed by atoms with Gasteiger partial charge in [0.15, 0.2) is 0 Å². The molecule has 17 heavy (non-hydrogen) atoms. The second-order valence-corrected chi connectivity index (χ2v) is 3.25. The van der Waals surface area contributed by atoms with Crippen LogP contribution in [0, 0.1) is 5.82 Å². The highest BCUT2D eigenvalue weighted by Crippen LogP contribution is 2.17. The number of hydrogen-bond donors (Lipinski definition) is 4. The van der Waals surface area contributed by atoms with Crippen molar-refractivity contribution in [2.24, 2.45) is 5.73 Å². The van der Waals surface area contributed by atoms with E-state index in [2.05, 4.69) is 16.0 Å². The Morgan fingerprint density at radius 2 is 1.94 bits per heavy atom. The van der Waals surface area contributed by atoms with Gasteiger partial charge in [0.1, 0.15) is 5.82 Å².